The summed E-state index contributed by atoms with van der Waals surface area (Å²) in [5.74, 6) is -0.613. The second kappa shape index (κ2) is 8.80. The summed E-state index contributed by atoms with van der Waals surface area (Å²) < 4.78 is 9.93. The molecule has 1 rings (SSSR count). The molecule has 2 amide bonds. The normalized spacial score (nSPS) is 11.5. The molecule has 1 aromatic rings. The minimum absolute atomic E-state index is 0.00289. The molecule has 0 aliphatic carbocycles. The number of methoxy groups -OCH3 is 1. The van der Waals surface area contributed by atoms with Gasteiger partial charge in [0.1, 0.15) is 5.75 Å². The number of ether oxygens (including phenoxy) is 2. The second-order valence-corrected chi connectivity index (χ2v) is 4.49. The molecule has 0 saturated carbocycles. The van der Waals surface area contributed by atoms with Crippen LogP contribution in [0.2, 0.25) is 0 Å². The van der Waals surface area contributed by atoms with E-state index in [1.807, 2.05) is 6.92 Å². The zero-order valence-corrected chi connectivity index (χ0v) is 12.1. The number of carboxylic acid groups (broad SMARTS) is 1. The minimum Gasteiger partial charge on any atom is -0.482 e. The molecule has 0 fully saturated rings. The highest BCUT2D eigenvalue weighted by molar-refractivity contribution is 5.89. The van der Waals surface area contributed by atoms with E-state index in [4.69, 9.17) is 14.6 Å². The molecule has 0 saturated heterocycles. The van der Waals surface area contributed by atoms with Crippen LogP contribution in [0, 0.1) is 0 Å². The van der Waals surface area contributed by atoms with E-state index in [2.05, 4.69) is 10.6 Å². The minimum atomic E-state index is -1.04. The van der Waals surface area contributed by atoms with Gasteiger partial charge in [-0.15, -0.1) is 0 Å². The average Bonchev–Trinajstić information content (AvgIpc) is 2.44. The molecule has 0 radical (unpaired) electrons. The first-order valence-corrected chi connectivity index (χ1v) is 6.52. The quantitative estimate of drug-likeness (QED) is 0.678. The van der Waals surface area contributed by atoms with Crippen LogP contribution in [-0.4, -0.2) is 43.5 Å². The number of carboxylic acids is 1. The number of carbonyl (C=O) groups excluding carboxylic acids is 1. The fraction of sp³-hybridized carbons (Fsp3) is 0.429. The van der Waals surface area contributed by atoms with Crippen molar-refractivity contribution >= 4 is 17.7 Å². The number of carbonyl (C=O) groups is 2. The zero-order valence-electron chi connectivity index (χ0n) is 12.1. The number of nitrogens with one attached hydrogen (secondary N) is 2. The van der Waals surface area contributed by atoms with E-state index in [-0.39, 0.29) is 12.1 Å². The molecule has 3 N–H and O–H groups in total. The first kappa shape index (κ1) is 16.8. The third-order valence-corrected chi connectivity index (χ3v) is 2.61. The Balaban J connectivity index is 2.40. The van der Waals surface area contributed by atoms with Crippen molar-refractivity contribution in [2.45, 2.75) is 19.4 Å². The van der Waals surface area contributed by atoms with Gasteiger partial charge in [-0.2, -0.15) is 0 Å². The largest absolute Gasteiger partial charge is 0.482 e. The molecule has 0 heterocycles. The molecule has 21 heavy (non-hydrogen) atoms. The van der Waals surface area contributed by atoms with Crippen LogP contribution in [0.1, 0.15) is 13.3 Å². The lowest BCUT2D eigenvalue weighted by Crippen LogP contribution is -2.36. The van der Waals surface area contributed by atoms with E-state index in [9.17, 15) is 9.59 Å². The molecule has 0 aliphatic heterocycles. The first-order valence-electron chi connectivity index (χ1n) is 6.52. The molecule has 116 valence electrons. The van der Waals surface area contributed by atoms with Crippen molar-refractivity contribution < 1.29 is 24.2 Å². The van der Waals surface area contributed by atoms with Gasteiger partial charge in [0.15, 0.2) is 6.61 Å². The van der Waals surface area contributed by atoms with Crippen LogP contribution in [0.25, 0.3) is 0 Å². The molecule has 7 heteroatoms. The van der Waals surface area contributed by atoms with Crippen molar-refractivity contribution in [2.24, 2.45) is 0 Å². The Morgan fingerprint density at radius 3 is 2.52 bits per heavy atom. The fourth-order valence-corrected chi connectivity index (χ4v) is 1.54. The molecule has 1 unspecified atom stereocenters. The third-order valence-electron chi connectivity index (χ3n) is 2.61. The van der Waals surface area contributed by atoms with Gasteiger partial charge in [0, 0.05) is 25.4 Å². The Kier molecular flexibility index (Phi) is 7.03. The van der Waals surface area contributed by atoms with Gasteiger partial charge in [0.25, 0.3) is 0 Å². The van der Waals surface area contributed by atoms with E-state index < -0.39 is 12.6 Å². The standard InChI is InChI=1S/C14H20N2O5/c1-10(7-8-20-2)15-14(19)16-11-3-5-12(6-4-11)21-9-13(17)18/h3-6,10H,7-9H2,1-2H3,(H,17,18)(H2,15,16,19). The van der Waals surface area contributed by atoms with Crippen LogP contribution >= 0.6 is 0 Å². The SMILES string of the molecule is COCCC(C)NC(=O)Nc1ccc(OCC(=O)O)cc1. The van der Waals surface area contributed by atoms with E-state index >= 15 is 0 Å². The maximum absolute atomic E-state index is 11.7. The van der Waals surface area contributed by atoms with Gasteiger partial charge in [0.2, 0.25) is 0 Å². The van der Waals surface area contributed by atoms with Crippen LogP contribution in [0.5, 0.6) is 5.75 Å². The predicted octanol–water partition coefficient (Wildman–Crippen LogP) is 1.70. The predicted molar refractivity (Wildman–Crippen MR) is 77.7 cm³/mol. The summed E-state index contributed by atoms with van der Waals surface area (Å²) >= 11 is 0. The fourth-order valence-electron chi connectivity index (χ4n) is 1.54. The Morgan fingerprint density at radius 2 is 1.95 bits per heavy atom. The van der Waals surface area contributed by atoms with Gasteiger partial charge in [-0.3, -0.25) is 0 Å². The first-order chi connectivity index (χ1) is 10.0. The lowest BCUT2D eigenvalue weighted by Gasteiger charge is -2.14. The van der Waals surface area contributed by atoms with Gasteiger partial charge in [-0.05, 0) is 37.6 Å². The number of aliphatic carboxylic acids is 1. The smallest absolute Gasteiger partial charge is 0.341 e. The molecule has 1 aromatic carbocycles. The van der Waals surface area contributed by atoms with E-state index in [1.165, 1.54) is 0 Å². The summed E-state index contributed by atoms with van der Waals surface area (Å²) in [5, 5.41) is 14.0. The maximum Gasteiger partial charge on any atom is 0.341 e. The number of anilines is 1. The summed E-state index contributed by atoms with van der Waals surface area (Å²) in [6, 6.07) is 6.15. The highest BCUT2D eigenvalue weighted by atomic mass is 16.5. The average molecular weight is 296 g/mol. The molecule has 0 spiro atoms. The van der Waals surface area contributed by atoms with Crippen molar-refractivity contribution in [3.63, 3.8) is 0 Å². The van der Waals surface area contributed by atoms with Crippen molar-refractivity contribution in [2.75, 3.05) is 25.6 Å². The number of benzene rings is 1. The van der Waals surface area contributed by atoms with Gasteiger partial charge in [0.05, 0.1) is 0 Å². The van der Waals surface area contributed by atoms with E-state index in [0.717, 1.165) is 6.42 Å². The number of urea groups is 1. The van der Waals surface area contributed by atoms with Crippen LogP contribution in [0.4, 0.5) is 10.5 Å². The van der Waals surface area contributed by atoms with Crippen molar-refractivity contribution in [3.05, 3.63) is 24.3 Å². The number of hydrogen-bond donors (Lipinski definition) is 3. The zero-order chi connectivity index (χ0) is 15.7. The number of hydrogen-bond acceptors (Lipinski definition) is 4. The monoisotopic (exact) mass is 296 g/mol. The van der Waals surface area contributed by atoms with Crippen molar-refractivity contribution in [3.8, 4) is 5.75 Å². The van der Waals surface area contributed by atoms with Crippen LogP contribution < -0.4 is 15.4 Å². The third kappa shape index (κ3) is 7.17. The van der Waals surface area contributed by atoms with Gasteiger partial charge >= 0.3 is 12.0 Å². The summed E-state index contributed by atoms with van der Waals surface area (Å²) in [6.45, 7) is 2.07. The highest BCUT2D eigenvalue weighted by Gasteiger charge is 2.07. The summed E-state index contributed by atoms with van der Waals surface area (Å²) in [5.41, 5.74) is 0.592. The number of amides is 2. The Hall–Kier alpha value is -2.28. The summed E-state index contributed by atoms with van der Waals surface area (Å²) in [4.78, 5) is 22.1. The molecule has 0 bridgehead atoms. The number of rotatable bonds is 8. The van der Waals surface area contributed by atoms with E-state index in [1.54, 1.807) is 31.4 Å². The van der Waals surface area contributed by atoms with Gasteiger partial charge in [-0.1, -0.05) is 0 Å². The van der Waals surface area contributed by atoms with Crippen LogP contribution in [0.15, 0.2) is 24.3 Å². The van der Waals surface area contributed by atoms with Crippen LogP contribution in [-0.2, 0) is 9.53 Å². The topological polar surface area (TPSA) is 96.9 Å². The Morgan fingerprint density at radius 1 is 1.29 bits per heavy atom. The summed E-state index contributed by atoms with van der Waals surface area (Å²) in [7, 11) is 1.61. The lowest BCUT2D eigenvalue weighted by atomic mass is 10.2. The molecular formula is C14H20N2O5. The van der Waals surface area contributed by atoms with E-state index in [0.29, 0.717) is 18.0 Å². The molecule has 1 atom stereocenters. The highest BCUT2D eigenvalue weighted by Crippen LogP contribution is 2.15. The summed E-state index contributed by atoms with van der Waals surface area (Å²) in [6.07, 6.45) is 0.728. The Labute approximate surface area is 123 Å². The molecule has 7 nitrogen and oxygen atoms in total. The van der Waals surface area contributed by atoms with Gasteiger partial charge in [-0.25, -0.2) is 9.59 Å². The molecule has 0 aromatic heterocycles. The maximum atomic E-state index is 11.7. The van der Waals surface area contributed by atoms with Gasteiger partial charge < -0.3 is 25.2 Å². The Bertz CT molecular complexity index is 461. The molecular weight excluding hydrogens is 276 g/mol. The van der Waals surface area contributed by atoms with Crippen molar-refractivity contribution in [1.82, 2.24) is 5.32 Å². The van der Waals surface area contributed by atoms with Crippen molar-refractivity contribution in [1.29, 1.82) is 0 Å². The lowest BCUT2D eigenvalue weighted by molar-refractivity contribution is -0.139. The second-order valence-electron chi connectivity index (χ2n) is 4.49. The molecule has 0 aliphatic rings. The van der Waals surface area contributed by atoms with Crippen LogP contribution in [0.3, 0.4) is 0 Å².